The Morgan fingerprint density at radius 1 is 1.32 bits per heavy atom. The lowest BCUT2D eigenvalue weighted by molar-refractivity contribution is 1.02. The number of aliphatic imine (C=N–C) groups is 1. The Hall–Kier alpha value is -1.80. The average Bonchev–Trinajstić information content (AvgIpc) is 2.87. The predicted molar refractivity (Wildman–Crippen MR) is 81.0 cm³/mol. The van der Waals surface area contributed by atoms with Crippen molar-refractivity contribution < 1.29 is 0 Å². The van der Waals surface area contributed by atoms with Gasteiger partial charge in [0, 0.05) is 16.8 Å². The van der Waals surface area contributed by atoms with Crippen molar-refractivity contribution in [2.24, 2.45) is 4.99 Å². The van der Waals surface area contributed by atoms with Crippen LogP contribution in [0.25, 0.3) is 6.08 Å². The van der Waals surface area contributed by atoms with Crippen molar-refractivity contribution in [3.05, 3.63) is 63.9 Å². The number of nitrogens with zero attached hydrogens (tertiary/aromatic N) is 1. The number of rotatable bonds is 2. The summed E-state index contributed by atoms with van der Waals surface area (Å²) in [5.74, 6) is 0. The minimum Gasteiger partial charge on any atom is -0.360 e. The highest BCUT2D eigenvalue weighted by Crippen LogP contribution is 2.25. The van der Waals surface area contributed by atoms with E-state index in [1.54, 1.807) is 0 Å². The molecule has 0 saturated carbocycles. The second-order valence-corrected chi connectivity index (χ2v) is 5.07. The third-order valence-corrected chi connectivity index (χ3v) is 3.61. The number of aromatic amines is 1. The van der Waals surface area contributed by atoms with Crippen molar-refractivity contribution >= 4 is 23.4 Å². The van der Waals surface area contributed by atoms with Crippen LogP contribution in [0.5, 0.6) is 0 Å². The Bertz CT molecular complexity index is 651. The number of fused-ring (bicyclic) bond motifs is 1. The minimum atomic E-state index is 0.742. The van der Waals surface area contributed by atoms with E-state index in [4.69, 9.17) is 16.6 Å². The molecule has 0 unspecified atom stereocenters. The third kappa shape index (κ3) is 2.36. The summed E-state index contributed by atoms with van der Waals surface area (Å²) in [5.41, 5.74) is 5.65. The lowest BCUT2D eigenvalue weighted by Gasteiger charge is -2.07. The predicted octanol–water partition coefficient (Wildman–Crippen LogP) is 4.31. The molecule has 3 heteroatoms. The second kappa shape index (κ2) is 5.06. The molecule has 0 bridgehead atoms. The van der Waals surface area contributed by atoms with Crippen LogP contribution in [-0.4, -0.2) is 17.2 Å². The summed E-state index contributed by atoms with van der Waals surface area (Å²) in [4.78, 5) is 7.99. The smallest absolute Gasteiger partial charge is 0.0891 e. The van der Waals surface area contributed by atoms with Crippen LogP contribution in [-0.2, 0) is 0 Å². The standard InChI is InChI=1S/C16H15ClN2/c1-2-11-8-12-5-6-13(17)9-14(12)16(19-10-11)15-4-3-7-18-15/h3-9,18H,2,10H2,1H3. The van der Waals surface area contributed by atoms with Gasteiger partial charge in [-0.05, 0) is 41.8 Å². The van der Waals surface area contributed by atoms with Gasteiger partial charge in [0.05, 0.1) is 18.0 Å². The fourth-order valence-corrected chi connectivity index (χ4v) is 2.48. The Kier molecular flexibility index (Phi) is 3.26. The number of hydrogen-bond acceptors (Lipinski definition) is 1. The van der Waals surface area contributed by atoms with E-state index in [0.717, 1.165) is 35.0 Å². The van der Waals surface area contributed by atoms with Gasteiger partial charge in [-0.3, -0.25) is 4.99 Å². The number of hydrogen-bond donors (Lipinski definition) is 1. The van der Waals surface area contributed by atoms with Crippen molar-refractivity contribution in [3.63, 3.8) is 0 Å². The van der Waals surface area contributed by atoms with Crippen LogP contribution in [0.1, 0.15) is 30.2 Å². The Labute approximate surface area is 117 Å². The zero-order valence-corrected chi connectivity index (χ0v) is 11.5. The lowest BCUT2D eigenvalue weighted by atomic mass is 10.00. The molecule has 96 valence electrons. The lowest BCUT2D eigenvalue weighted by Crippen LogP contribution is -2.05. The Morgan fingerprint density at radius 2 is 2.21 bits per heavy atom. The summed E-state index contributed by atoms with van der Waals surface area (Å²) in [6.07, 6.45) is 5.16. The van der Waals surface area contributed by atoms with Gasteiger partial charge in [0.1, 0.15) is 0 Å². The summed E-state index contributed by atoms with van der Waals surface area (Å²) in [6, 6.07) is 10.0. The van der Waals surface area contributed by atoms with Gasteiger partial charge in [0.2, 0.25) is 0 Å². The van der Waals surface area contributed by atoms with Crippen molar-refractivity contribution in [2.45, 2.75) is 13.3 Å². The van der Waals surface area contributed by atoms with Gasteiger partial charge in [-0.15, -0.1) is 0 Å². The first-order chi connectivity index (χ1) is 9.28. The van der Waals surface area contributed by atoms with Crippen LogP contribution in [0, 0.1) is 0 Å². The summed E-state index contributed by atoms with van der Waals surface area (Å²) < 4.78 is 0. The fraction of sp³-hybridized carbons (Fsp3) is 0.188. The Balaban J connectivity index is 2.19. The normalized spacial score (nSPS) is 14.4. The zero-order valence-electron chi connectivity index (χ0n) is 10.8. The highest BCUT2D eigenvalue weighted by atomic mass is 35.5. The SMILES string of the molecule is CCC1=Cc2ccc(Cl)cc2C(c2ccc[nH]2)=NC1. The molecule has 19 heavy (non-hydrogen) atoms. The molecular formula is C16H15ClN2. The monoisotopic (exact) mass is 270 g/mol. The van der Waals surface area contributed by atoms with Gasteiger partial charge in [0.25, 0.3) is 0 Å². The van der Waals surface area contributed by atoms with Crippen LogP contribution >= 0.6 is 11.6 Å². The number of halogens is 1. The first-order valence-electron chi connectivity index (χ1n) is 6.45. The number of nitrogens with one attached hydrogen (secondary N) is 1. The van der Waals surface area contributed by atoms with E-state index in [1.165, 1.54) is 11.1 Å². The van der Waals surface area contributed by atoms with Crippen molar-refractivity contribution in [1.82, 2.24) is 4.98 Å². The van der Waals surface area contributed by atoms with Crippen molar-refractivity contribution in [3.8, 4) is 0 Å². The fourth-order valence-electron chi connectivity index (χ4n) is 2.31. The van der Waals surface area contributed by atoms with Crippen LogP contribution in [0.3, 0.4) is 0 Å². The molecule has 2 nitrogen and oxygen atoms in total. The molecular weight excluding hydrogens is 256 g/mol. The van der Waals surface area contributed by atoms with E-state index in [9.17, 15) is 0 Å². The van der Waals surface area contributed by atoms with E-state index in [-0.39, 0.29) is 0 Å². The van der Waals surface area contributed by atoms with Gasteiger partial charge >= 0.3 is 0 Å². The molecule has 2 heterocycles. The van der Waals surface area contributed by atoms with Crippen LogP contribution in [0.4, 0.5) is 0 Å². The first-order valence-corrected chi connectivity index (χ1v) is 6.83. The summed E-state index contributed by atoms with van der Waals surface area (Å²) in [6.45, 7) is 2.91. The molecule has 1 aromatic heterocycles. The molecule has 0 spiro atoms. The molecule has 0 amide bonds. The van der Waals surface area contributed by atoms with E-state index in [0.29, 0.717) is 0 Å². The van der Waals surface area contributed by atoms with Crippen LogP contribution < -0.4 is 0 Å². The largest absolute Gasteiger partial charge is 0.360 e. The molecule has 1 aliphatic rings. The van der Waals surface area contributed by atoms with E-state index < -0.39 is 0 Å². The summed E-state index contributed by atoms with van der Waals surface area (Å²) in [5, 5.41) is 0.742. The van der Waals surface area contributed by atoms with Gasteiger partial charge in [-0.25, -0.2) is 0 Å². The van der Waals surface area contributed by atoms with Gasteiger partial charge in [-0.2, -0.15) is 0 Å². The molecule has 3 rings (SSSR count). The highest BCUT2D eigenvalue weighted by molar-refractivity contribution is 6.31. The van der Waals surface area contributed by atoms with Gasteiger partial charge in [0.15, 0.2) is 0 Å². The van der Waals surface area contributed by atoms with Crippen LogP contribution in [0.2, 0.25) is 5.02 Å². The van der Waals surface area contributed by atoms with Crippen molar-refractivity contribution in [1.29, 1.82) is 0 Å². The number of aromatic nitrogens is 1. The maximum Gasteiger partial charge on any atom is 0.0891 e. The Morgan fingerprint density at radius 3 is 2.95 bits per heavy atom. The number of benzene rings is 1. The van der Waals surface area contributed by atoms with Gasteiger partial charge < -0.3 is 4.98 Å². The topological polar surface area (TPSA) is 28.1 Å². The minimum absolute atomic E-state index is 0.742. The van der Waals surface area contributed by atoms with Crippen molar-refractivity contribution in [2.75, 3.05) is 6.54 Å². The molecule has 0 aliphatic carbocycles. The molecule has 0 saturated heterocycles. The highest BCUT2D eigenvalue weighted by Gasteiger charge is 2.15. The molecule has 1 N–H and O–H groups in total. The second-order valence-electron chi connectivity index (χ2n) is 4.64. The molecule has 0 radical (unpaired) electrons. The molecule has 2 aromatic rings. The third-order valence-electron chi connectivity index (χ3n) is 3.38. The molecule has 1 aromatic carbocycles. The quantitative estimate of drug-likeness (QED) is 0.842. The van der Waals surface area contributed by atoms with E-state index in [1.807, 2.05) is 30.5 Å². The average molecular weight is 271 g/mol. The van der Waals surface area contributed by atoms with E-state index in [2.05, 4.69) is 24.1 Å². The molecule has 0 fully saturated rings. The van der Waals surface area contributed by atoms with Gasteiger partial charge in [-0.1, -0.05) is 30.7 Å². The molecule has 0 atom stereocenters. The summed E-state index contributed by atoms with van der Waals surface area (Å²) >= 11 is 6.14. The summed E-state index contributed by atoms with van der Waals surface area (Å²) in [7, 11) is 0. The van der Waals surface area contributed by atoms with Crippen LogP contribution in [0.15, 0.2) is 47.1 Å². The maximum absolute atomic E-state index is 6.14. The number of H-pyrrole nitrogens is 1. The van der Waals surface area contributed by atoms with E-state index >= 15 is 0 Å². The molecule has 1 aliphatic heterocycles. The zero-order chi connectivity index (χ0) is 13.2. The maximum atomic E-state index is 6.14. The first kappa shape index (κ1) is 12.2.